The van der Waals surface area contributed by atoms with Crippen molar-refractivity contribution in [1.82, 2.24) is 19.8 Å². The van der Waals surface area contributed by atoms with E-state index in [1.165, 1.54) is 23.1 Å². The number of amides is 2. The molecule has 166 valence electrons. The van der Waals surface area contributed by atoms with Crippen LogP contribution in [0.4, 0.5) is 4.79 Å². The van der Waals surface area contributed by atoms with Crippen molar-refractivity contribution < 1.29 is 23.9 Å². The number of rotatable bonds is 6. The van der Waals surface area contributed by atoms with E-state index in [-0.39, 0.29) is 24.2 Å². The van der Waals surface area contributed by atoms with Crippen LogP contribution in [0.3, 0.4) is 0 Å². The van der Waals surface area contributed by atoms with Gasteiger partial charge in [-0.25, -0.2) is 19.6 Å². The molecule has 2 aromatic rings. The fraction of sp³-hybridized carbons (Fsp3) is 0.450. The number of nitrogens with zero attached hydrogens (tertiary/aromatic N) is 4. The van der Waals surface area contributed by atoms with E-state index in [9.17, 15) is 14.4 Å². The fourth-order valence-corrected chi connectivity index (χ4v) is 4.36. The van der Waals surface area contributed by atoms with Gasteiger partial charge in [0.05, 0.1) is 17.2 Å². The van der Waals surface area contributed by atoms with E-state index in [1.807, 2.05) is 23.8 Å². The van der Waals surface area contributed by atoms with Gasteiger partial charge in [-0.2, -0.15) is 0 Å². The van der Waals surface area contributed by atoms with E-state index in [2.05, 4.69) is 9.97 Å². The molecule has 0 aromatic carbocycles. The maximum atomic E-state index is 12.7. The van der Waals surface area contributed by atoms with Crippen LogP contribution < -0.4 is 0 Å². The molecule has 1 fully saturated rings. The quantitative estimate of drug-likeness (QED) is 0.365. The molecule has 0 bridgehead atoms. The number of hydrogen-bond donors (Lipinski definition) is 0. The summed E-state index contributed by atoms with van der Waals surface area (Å²) in [6.07, 6.45) is 1.44. The van der Waals surface area contributed by atoms with Crippen molar-refractivity contribution in [2.45, 2.75) is 18.9 Å². The first-order valence-corrected chi connectivity index (χ1v) is 11.9. The third kappa shape index (κ3) is 5.53. The van der Waals surface area contributed by atoms with Crippen LogP contribution in [-0.4, -0.2) is 83.4 Å². The lowest BCUT2D eigenvalue weighted by atomic mass is 10.2. The van der Waals surface area contributed by atoms with Crippen LogP contribution in [0.1, 0.15) is 23.0 Å². The summed E-state index contributed by atoms with van der Waals surface area (Å²) in [5, 5.41) is 2.45. The highest BCUT2D eigenvalue weighted by molar-refractivity contribution is 7.98. The first-order valence-electron chi connectivity index (χ1n) is 9.77. The molecule has 0 aliphatic carbocycles. The Hall–Kier alpha value is -2.66. The van der Waals surface area contributed by atoms with Gasteiger partial charge in [-0.3, -0.25) is 4.79 Å². The molecule has 31 heavy (non-hydrogen) atoms. The summed E-state index contributed by atoms with van der Waals surface area (Å²) in [5.74, 6) is -0.377. The summed E-state index contributed by atoms with van der Waals surface area (Å²) in [4.78, 5) is 49.9. The van der Waals surface area contributed by atoms with E-state index < -0.39 is 5.97 Å². The minimum Gasteiger partial charge on any atom is -0.452 e. The zero-order chi connectivity index (χ0) is 22.4. The van der Waals surface area contributed by atoms with Crippen LogP contribution in [0.25, 0.3) is 10.7 Å². The Balaban J connectivity index is 1.59. The van der Waals surface area contributed by atoms with Crippen molar-refractivity contribution in [1.29, 1.82) is 0 Å². The minimum absolute atomic E-state index is 0.271. The normalized spacial score (nSPS) is 13.8. The minimum atomic E-state index is -0.627. The Morgan fingerprint density at radius 3 is 2.45 bits per heavy atom. The topological polar surface area (TPSA) is 102 Å². The van der Waals surface area contributed by atoms with E-state index in [0.29, 0.717) is 49.3 Å². The molecule has 3 heterocycles. The van der Waals surface area contributed by atoms with E-state index >= 15 is 0 Å². The summed E-state index contributed by atoms with van der Waals surface area (Å²) in [5.41, 5.74) is 0.774. The van der Waals surface area contributed by atoms with Gasteiger partial charge in [0.1, 0.15) is 10.6 Å². The molecule has 0 radical (unpaired) electrons. The van der Waals surface area contributed by atoms with Crippen LogP contribution in [0, 0.1) is 6.92 Å². The van der Waals surface area contributed by atoms with Crippen molar-refractivity contribution in [2.75, 3.05) is 45.6 Å². The molecule has 2 aromatic heterocycles. The molecule has 0 N–H and O–H groups in total. The second kappa shape index (κ2) is 10.6. The van der Waals surface area contributed by atoms with Crippen LogP contribution in [0.2, 0.25) is 0 Å². The number of thiophene rings is 1. The lowest BCUT2D eigenvalue weighted by Gasteiger charge is -2.33. The van der Waals surface area contributed by atoms with Gasteiger partial charge in [0, 0.05) is 26.2 Å². The molecule has 9 nitrogen and oxygen atoms in total. The molecular weight excluding hydrogens is 440 g/mol. The number of thioether (sulfide) groups is 1. The Morgan fingerprint density at radius 2 is 1.84 bits per heavy atom. The van der Waals surface area contributed by atoms with E-state index in [1.54, 1.807) is 23.6 Å². The van der Waals surface area contributed by atoms with Gasteiger partial charge in [-0.1, -0.05) is 6.07 Å². The second-order valence-corrected chi connectivity index (χ2v) is 8.38. The summed E-state index contributed by atoms with van der Waals surface area (Å²) in [6, 6.07) is 3.83. The number of aryl methyl sites for hydroxylation is 1. The molecular formula is C20H24N4O5S2. The second-order valence-electron chi connectivity index (χ2n) is 6.64. The van der Waals surface area contributed by atoms with Crippen molar-refractivity contribution in [3.05, 3.63) is 28.8 Å². The van der Waals surface area contributed by atoms with Gasteiger partial charge in [0.15, 0.2) is 12.4 Å². The molecule has 0 saturated carbocycles. The van der Waals surface area contributed by atoms with Gasteiger partial charge >= 0.3 is 12.1 Å². The molecule has 3 rings (SSSR count). The lowest BCUT2D eigenvalue weighted by Crippen LogP contribution is -2.51. The first-order chi connectivity index (χ1) is 14.9. The molecule has 0 spiro atoms. The summed E-state index contributed by atoms with van der Waals surface area (Å²) in [7, 11) is 0. The van der Waals surface area contributed by atoms with Gasteiger partial charge in [0.25, 0.3) is 5.91 Å². The first kappa shape index (κ1) is 23.0. The number of piperazine rings is 1. The maximum Gasteiger partial charge on any atom is 0.409 e. The average molecular weight is 465 g/mol. The van der Waals surface area contributed by atoms with Crippen LogP contribution in [0.5, 0.6) is 0 Å². The maximum absolute atomic E-state index is 12.7. The van der Waals surface area contributed by atoms with Crippen molar-refractivity contribution >= 4 is 41.1 Å². The highest BCUT2D eigenvalue weighted by atomic mass is 32.2. The number of aromatic nitrogens is 2. The van der Waals surface area contributed by atoms with Crippen molar-refractivity contribution in [3.8, 4) is 10.7 Å². The number of carbonyl (C=O) groups is 3. The van der Waals surface area contributed by atoms with Gasteiger partial charge < -0.3 is 19.3 Å². The SMILES string of the molecule is CCOC(=O)N1CCN(C(=O)COC(=O)c2c(C)nc(-c3cccs3)nc2SC)CC1. The number of esters is 1. The van der Waals surface area contributed by atoms with Crippen LogP contribution in [-0.2, 0) is 14.3 Å². The van der Waals surface area contributed by atoms with Crippen LogP contribution in [0.15, 0.2) is 22.5 Å². The van der Waals surface area contributed by atoms with E-state index in [4.69, 9.17) is 9.47 Å². The van der Waals surface area contributed by atoms with Gasteiger partial charge in [0.2, 0.25) is 0 Å². The van der Waals surface area contributed by atoms with Gasteiger partial charge in [-0.05, 0) is 31.5 Å². The largest absolute Gasteiger partial charge is 0.452 e. The Bertz CT molecular complexity index is 943. The summed E-state index contributed by atoms with van der Waals surface area (Å²) < 4.78 is 10.3. The third-order valence-electron chi connectivity index (χ3n) is 4.68. The summed E-state index contributed by atoms with van der Waals surface area (Å²) >= 11 is 2.85. The number of carbonyl (C=O) groups excluding carboxylic acids is 3. The molecule has 2 amide bonds. The molecule has 1 aliphatic rings. The molecule has 0 atom stereocenters. The Kier molecular flexibility index (Phi) is 7.85. The lowest BCUT2D eigenvalue weighted by molar-refractivity contribution is -0.136. The molecule has 1 saturated heterocycles. The fourth-order valence-electron chi connectivity index (χ4n) is 3.09. The molecule has 1 aliphatic heterocycles. The van der Waals surface area contributed by atoms with E-state index in [0.717, 1.165) is 4.88 Å². The van der Waals surface area contributed by atoms with Gasteiger partial charge in [-0.15, -0.1) is 23.1 Å². The predicted octanol–water partition coefficient (Wildman–Crippen LogP) is 2.69. The molecule has 0 unspecified atom stereocenters. The highest BCUT2D eigenvalue weighted by Crippen LogP contribution is 2.27. The third-order valence-corrected chi connectivity index (χ3v) is 6.23. The predicted molar refractivity (Wildman–Crippen MR) is 117 cm³/mol. The average Bonchev–Trinajstić information content (AvgIpc) is 3.32. The highest BCUT2D eigenvalue weighted by Gasteiger charge is 2.26. The standard InChI is InChI=1S/C20H24N4O5S2/c1-4-28-20(27)24-9-7-23(8-10-24)15(25)12-29-19(26)16-13(2)21-17(22-18(16)30-3)14-6-5-11-31-14/h5-6,11H,4,7-10,12H2,1-3H3. The molecule has 11 heteroatoms. The van der Waals surface area contributed by atoms with Crippen molar-refractivity contribution in [2.24, 2.45) is 0 Å². The van der Waals surface area contributed by atoms with Crippen molar-refractivity contribution in [3.63, 3.8) is 0 Å². The Labute approximate surface area is 188 Å². The zero-order valence-corrected chi connectivity index (χ0v) is 19.3. The Morgan fingerprint density at radius 1 is 1.13 bits per heavy atom. The smallest absolute Gasteiger partial charge is 0.409 e. The number of hydrogen-bond acceptors (Lipinski definition) is 9. The summed E-state index contributed by atoms with van der Waals surface area (Å²) in [6.45, 7) is 4.90. The number of ether oxygens (including phenoxy) is 2. The zero-order valence-electron chi connectivity index (χ0n) is 17.6. The van der Waals surface area contributed by atoms with Crippen LogP contribution >= 0.6 is 23.1 Å². The monoisotopic (exact) mass is 464 g/mol.